The molecule has 0 fully saturated rings. The highest BCUT2D eigenvalue weighted by atomic mass is 16.5. The van der Waals surface area contributed by atoms with Crippen LogP contribution in [0.15, 0.2) is 42.5 Å². The molecule has 98 valence electrons. The van der Waals surface area contributed by atoms with E-state index in [-0.39, 0.29) is 5.91 Å². The number of benzene rings is 2. The van der Waals surface area contributed by atoms with E-state index in [4.69, 9.17) is 10.5 Å². The molecule has 19 heavy (non-hydrogen) atoms. The average molecular weight is 256 g/mol. The predicted molar refractivity (Wildman–Crippen MR) is 76.5 cm³/mol. The molecule has 2 aromatic carbocycles. The van der Waals surface area contributed by atoms with E-state index in [1.54, 1.807) is 25.3 Å². The third-order valence-electron chi connectivity index (χ3n) is 2.89. The smallest absolute Gasteiger partial charge is 0.255 e. The molecule has 0 aliphatic carbocycles. The Hall–Kier alpha value is -2.49. The van der Waals surface area contributed by atoms with Crippen LogP contribution in [-0.4, -0.2) is 13.0 Å². The van der Waals surface area contributed by atoms with E-state index in [0.29, 0.717) is 17.0 Å². The number of nitrogen functional groups attached to an aromatic ring is 1. The molecule has 0 heterocycles. The van der Waals surface area contributed by atoms with E-state index in [0.717, 1.165) is 11.3 Å². The zero-order chi connectivity index (χ0) is 13.8. The molecule has 4 heteroatoms. The van der Waals surface area contributed by atoms with Crippen LogP contribution in [0, 0.1) is 6.92 Å². The number of rotatable bonds is 3. The molecule has 3 N–H and O–H groups in total. The normalized spacial score (nSPS) is 10.0. The van der Waals surface area contributed by atoms with Crippen molar-refractivity contribution in [2.75, 3.05) is 18.2 Å². The first-order valence-corrected chi connectivity index (χ1v) is 5.92. The number of nitrogens with two attached hydrogens (primary N) is 1. The van der Waals surface area contributed by atoms with E-state index >= 15 is 0 Å². The van der Waals surface area contributed by atoms with Gasteiger partial charge < -0.3 is 15.8 Å². The number of amides is 1. The van der Waals surface area contributed by atoms with E-state index in [9.17, 15) is 4.79 Å². The van der Waals surface area contributed by atoms with Crippen LogP contribution in [0.2, 0.25) is 0 Å². The molecule has 2 aromatic rings. The van der Waals surface area contributed by atoms with Gasteiger partial charge in [-0.25, -0.2) is 0 Å². The number of carbonyl (C=O) groups is 1. The topological polar surface area (TPSA) is 64.3 Å². The van der Waals surface area contributed by atoms with E-state index in [1.807, 2.05) is 31.2 Å². The van der Waals surface area contributed by atoms with Crippen molar-refractivity contribution in [3.8, 4) is 5.75 Å². The number of aryl methyl sites for hydroxylation is 1. The first kappa shape index (κ1) is 13.0. The number of carbonyl (C=O) groups excluding carboxylic acids is 1. The van der Waals surface area contributed by atoms with Gasteiger partial charge in [0.1, 0.15) is 5.75 Å². The molecule has 0 aliphatic rings. The largest absolute Gasteiger partial charge is 0.495 e. The van der Waals surface area contributed by atoms with Crippen molar-refractivity contribution < 1.29 is 9.53 Å². The standard InChI is InChI=1S/C15H16N2O2/c1-10-5-3-4-6-13(10)17-15(18)11-7-8-14(19-2)12(16)9-11/h3-9H,16H2,1-2H3,(H,17,18). The lowest BCUT2D eigenvalue weighted by Gasteiger charge is -2.10. The fraction of sp³-hybridized carbons (Fsp3) is 0.133. The number of para-hydroxylation sites is 1. The molecule has 2 rings (SSSR count). The summed E-state index contributed by atoms with van der Waals surface area (Å²) in [5, 5.41) is 2.86. The second-order valence-electron chi connectivity index (χ2n) is 4.23. The minimum absolute atomic E-state index is 0.191. The van der Waals surface area contributed by atoms with E-state index in [1.165, 1.54) is 0 Å². The second kappa shape index (κ2) is 5.44. The molecule has 0 radical (unpaired) electrons. The quantitative estimate of drug-likeness (QED) is 0.830. The molecule has 0 bridgehead atoms. The molecule has 0 aromatic heterocycles. The summed E-state index contributed by atoms with van der Waals surface area (Å²) in [6, 6.07) is 12.6. The Morgan fingerprint density at radius 2 is 1.95 bits per heavy atom. The lowest BCUT2D eigenvalue weighted by atomic mass is 10.1. The summed E-state index contributed by atoms with van der Waals surface area (Å²) >= 11 is 0. The van der Waals surface area contributed by atoms with E-state index < -0.39 is 0 Å². The summed E-state index contributed by atoms with van der Waals surface area (Å²) in [5.74, 6) is 0.371. The lowest BCUT2D eigenvalue weighted by molar-refractivity contribution is 0.102. The highest BCUT2D eigenvalue weighted by Gasteiger charge is 2.09. The molecule has 0 saturated carbocycles. The number of hydrogen-bond acceptors (Lipinski definition) is 3. The molecule has 0 saturated heterocycles. The van der Waals surface area contributed by atoms with Gasteiger partial charge in [-0.05, 0) is 36.8 Å². The zero-order valence-corrected chi connectivity index (χ0v) is 10.9. The monoisotopic (exact) mass is 256 g/mol. The van der Waals surface area contributed by atoms with Gasteiger partial charge in [0, 0.05) is 11.3 Å². The predicted octanol–water partition coefficient (Wildman–Crippen LogP) is 2.84. The minimum Gasteiger partial charge on any atom is -0.495 e. The average Bonchev–Trinajstić information content (AvgIpc) is 2.41. The Morgan fingerprint density at radius 1 is 1.21 bits per heavy atom. The molecule has 1 amide bonds. The lowest BCUT2D eigenvalue weighted by Crippen LogP contribution is -2.13. The van der Waals surface area contributed by atoms with Gasteiger partial charge in [0.05, 0.1) is 12.8 Å². The zero-order valence-electron chi connectivity index (χ0n) is 10.9. The summed E-state index contributed by atoms with van der Waals surface area (Å²) in [6.45, 7) is 1.94. The van der Waals surface area contributed by atoms with Crippen molar-refractivity contribution in [2.45, 2.75) is 6.92 Å². The maximum absolute atomic E-state index is 12.1. The van der Waals surface area contributed by atoms with E-state index in [2.05, 4.69) is 5.32 Å². The first-order valence-electron chi connectivity index (χ1n) is 5.92. The Bertz CT molecular complexity index is 609. The third-order valence-corrected chi connectivity index (χ3v) is 2.89. The van der Waals surface area contributed by atoms with Gasteiger partial charge in [0.2, 0.25) is 0 Å². The van der Waals surface area contributed by atoms with Crippen molar-refractivity contribution in [1.29, 1.82) is 0 Å². The Labute approximate surface area is 112 Å². The molecule has 0 aliphatic heterocycles. The number of hydrogen-bond donors (Lipinski definition) is 2. The number of anilines is 2. The Balaban J connectivity index is 2.21. The molecule has 0 unspecified atom stereocenters. The van der Waals surface area contributed by atoms with Crippen molar-refractivity contribution in [3.63, 3.8) is 0 Å². The summed E-state index contributed by atoms with van der Waals surface area (Å²) in [6.07, 6.45) is 0. The van der Waals surface area contributed by atoms with Gasteiger partial charge >= 0.3 is 0 Å². The van der Waals surface area contributed by atoms with Crippen LogP contribution in [-0.2, 0) is 0 Å². The maximum atomic E-state index is 12.1. The van der Waals surface area contributed by atoms with Crippen LogP contribution in [0.25, 0.3) is 0 Å². The second-order valence-corrected chi connectivity index (χ2v) is 4.23. The van der Waals surface area contributed by atoms with Crippen LogP contribution in [0.3, 0.4) is 0 Å². The van der Waals surface area contributed by atoms with Crippen LogP contribution in [0.1, 0.15) is 15.9 Å². The van der Waals surface area contributed by atoms with Crippen LogP contribution in [0.5, 0.6) is 5.75 Å². The summed E-state index contributed by atoms with van der Waals surface area (Å²) < 4.78 is 5.06. The van der Waals surface area contributed by atoms with Crippen LogP contribution >= 0.6 is 0 Å². The van der Waals surface area contributed by atoms with Crippen molar-refractivity contribution >= 4 is 17.3 Å². The SMILES string of the molecule is COc1ccc(C(=O)Nc2ccccc2C)cc1N. The number of methoxy groups -OCH3 is 1. The van der Waals surface area contributed by atoms with Gasteiger partial charge in [0.15, 0.2) is 0 Å². The van der Waals surface area contributed by atoms with Gasteiger partial charge in [-0.2, -0.15) is 0 Å². The number of nitrogens with one attached hydrogen (secondary N) is 1. The fourth-order valence-electron chi connectivity index (χ4n) is 1.78. The molecular formula is C15H16N2O2. The summed E-state index contributed by atoms with van der Waals surface area (Å²) in [4.78, 5) is 12.1. The first-order chi connectivity index (χ1) is 9.11. The fourth-order valence-corrected chi connectivity index (χ4v) is 1.78. The molecular weight excluding hydrogens is 240 g/mol. The summed E-state index contributed by atoms with van der Waals surface area (Å²) in [7, 11) is 1.54. The Kier molecular flexibility index (Phi) is 3.71. The Morgan fingerprint density at radius 3 is 2.58 bits per heavy atom. The molecule has 0 spiro atoms. The van der Waals surface area contributed by atoms with Gasteiger partial charge in [-0.1, -0.05) is 18.2 Å². The highest BCUT2D eigenvalue weighted by molar-refractivity contribution is 6.05. The van der Waals surface area contributed by atoms with Gasteiger partial charge in [-0.3, -0.25) is 4.79 Å². The van der Waals surface area contributed by atoms with Crippen LogP contribution < -0.4 is 15.8 Å². The number of ether oxygens (including phenoxy) is 1. The van der Waals surface area contributed by atoms with Gasteiger partial charge in [0.25, 0.3) is 5.91 Å². The maximum Gasteiger partial charge on any atom is 0.255 e. The van der Waals surface area contributed by atoms with Crippen LogP contribution in [0.4, 0.5) is 11.4 Å². The van der Waals surface area contributed by atoms with Crippen molar-refractivity contribution in [1.82, 2.24) is 0 Å². The van der Waals surface area contributed by atoms with Crippen molar-refractivity contribution in [3.05, 3.63) is 53.6 Å². The minimum atomic E-state index is -0.191. The third kappa shape index (κ3) is 2.85. The molecule has 4 nitrogen and oxygen atoms in total. The molecule has 0 atom stereocenters. The summed E-state index contributed by atoms with van der Waals surface area (Å²) in [5.41, 5.74) is 8.54. The highest BCUT2D eigenvalue weighted by Crippen LogP contribution is 2.23. The van der Waals surface area contributed by atoms with Crippen molar-refractivity contribution in [2.24, 2.45) is 0 Å². The van der Waals surface area contributed by atoms with Gasteiger partial charge in [-0.15, -0.1) is 0 Å².